The van der Waals surface area contributed by atoms with Crippen LogP contribution in [-0.4, -0.2) is 39.5 Å². The van der Waals surface area contributed by atoms with Crippen LogP contribution in [0.25, 0.3) is 16.7 Å². The van der Waals surface area contributed by atoms with Crippen molar-refractivity contribution in [2.45, 2.75) is 39.7 Å². The molecular weight excluding hydrogens is 414 g/mol. The summed E-state index contributed by atoms with van der Waals surface area (Å²) in [6.45, 7) is 7.69. The number of carbonyl (C=O) groups excluding carboxylic acids is 1. The highest BCUT2D eigenvalue weighted by atomic mass is 16.3. The number of hydrogen-bond donors (Lipinski definition) is 2. The number of aromatic nitrogens is 2. The van der Waals surface area contributed by atoms with Gasteiger partial charge in [0.2, 0.25) is 0 Å². The molecule has 0 unspecified atom stereocenters. The minimum absolute atomic E-state index is 0.00700. The Morgan fingerprint density at radius 2 is 1.97 bits per heavy atom. The van der Waals surface area contributed by atoms with Gasteiger partial charge in [-0.15, -0.1) is 0 Å². The number of nitrogens with zero attached hydrogens (tertiary/aromatic N) is 3. The molecule has 1 fully saturated rings. The van der Waals surface area contributed by atoms with Crippen molar-refractivity contribution in [1.82, 2.24) is 14.5 Å². The maximum Gasteiger partial charge on any atom is 0.254 e. The highest BCUT2D eigenvalue weighted by Crippen LogP contribution is 2.30. The second-order valence-electron chi connectivity index (χ2n) is 9.01. The molecule has 7 heteroatoms. The third kappa shape index (κ3) is 4.12. The number of imidazole rings is 1. The highest BCUT2D eigenvalue weighted by molar-refractivity contribution is 6.02. The summed E-state index contributed by atoms with van der Waals surface area (Å²) in [7, 11) is 0. The van der Waals surface area contributed by atoms with Crippen molar-refractivity contribution >= 4 is 28.4 Å². The van der Waals surface area contributed by atoms with Gasteiger partial charge in [0, 0.05) is 35.8 Å². The molecular formula is C26H29N5O2. The number of anilines is 2. The number of likely N-dealkylation sites (tertiary alicyclic amines) is 1. The monoisotopic (exact) mass is 443 g/mol. The summed E-state index contributed by atoms with van der Waals surface area (Å²) in [4.78, 5) is 19.6. The number of rotatable bonds is 4. The van der Waals surface area contributed by atoms with Crippen molar-refractivity contribution in [3.63, 3.8) is 0 Å². The maximum absolute atomic E-state index is 13.2. The lowest BCUT2D eigenvalue weighted by Crippen LogP contribution is -2.45. The Bertz CT molecular complexity index is 1310. The van der Waals surface area contributed by atoms with E-state index in [0.717, 1.165) is 30.5 Å². The minimum Gasteiger partial charge on any atom is -0.462 e. The number of nitrogens with one attached hydrogen (secondary N) is 1. The Balaban J connectivity index is 1.45. The number of nitrogens with two attached hydrogens (primary N) is 1. The van der Waals surface area contributed by atoms with Crippen LogP contribution in [0.3, 0.4) is 0 Å². The van der Waals surface area contributed by atoms with E-state index in [4.69, 9.17) is 10.2 Å². The largest absolute Gasteiger partial charge is 0.462 e. The number of aryl methyl sites for hydroxylation is 2. The molecule has 0 radical (unpaired) electrons. The van der Waals surface area contributed by atoms with Crippen molar-refractivity contribution in [2.75, 3.05) is 18.4 Å². The lowest BCUT2D eigenvalue weighted by molar-refractivity contribution is 0.0709. The van der Waals surface area contributed by atoms with Gasteiger partial charge in [-0.25, -0.2) is 4.98 Å². The summed E-state index contributed by atoms with van der Waals surface area (Å²) in [6, 6.07) is 9.94. The molecule has 5 rings (SSSR count). The molecule has 3 N–H and O–H groups in total. The number of carbonyl (C=O) groups is 1. The Morgan fingerprint density at radius 1 is 1.18 bits per heavy atom. The maximum atomic E-state index is 13.2. The van der Waals surface area contributed by atoms with Crippen molar-refractivity contribution in [3.8, 4) is 5.69 Å². The first kappa shape index (κ1) is 21.3. The molecule has 1 aliphatic heterocycles. The SMILES string of the molecule is Cc1cc(-n2cnc(Nc3cc(C(=O)N4CCC[C@@H](N)C4)cc4ccoc34)c2)cc(C)c1C. The lowest BCUT2D eigenvalue weighted by Gasteiger charge is -2.31. The standard InChI is InChI=1S/C26H29N5O2/c1-16-9-22(10-17(2)18(16)3)31-14-24(28-15-31)29-23-12-20(11-19-6-8-33-25(19)23)26(32)30-7-4-5-21(27)13-30/h6,8-12,14-15,21,29H,4-5,7,13,27H2,1-3H3/t21-/m1/s1. The zero-order valence-electron chi connectivity index (χ0n) is 19.3. The van der Waals surface area contributed by atoms with E-state index in [1.807, 2.05) is 33.9 Å². The number of benzene rings is 2. The summed E-state index contributed by atoms with van der Waals surface area (Å²) in [5.74, 6) is 0.667. The van der Waals surface area contributed by atoms with Gasteiger partial charge in [-0.05, 0) is 80.6 Å². The highest BCUT2D eigenvalue weighted by Gasteiger charge is 2.23. The van der Waals surface area contributed by atoms with Gasteiger partial charge in [-0.3, -0.25) is 4.79 Å². The van der Waals surface area contributed by atoms with Crippen molar-refractivity contribution < 1.29 is 9.21 Å². The van der Waals surface area contributed by atoms with E-state index in [-0.39, 0.29) is 11.9 Å². The second-order valence-corrected chi connectivity index (χ2v) is 9.01. The minimum atomic E-state index is -0.00700. The molecule has 1 aliphatic rings. The van der Waals surface area contributed by atoms with Crippen LogP contribution in [0.15, 0.2) is 53.5 Å². The molecule has 3 heterocycles. The number of fused-ring (bicyclic) bond motifs is 1. The molecule has 2 aromatic carbocycles. The Kier molecular flexibility index (Phi) is 5.42. The zero-order valence-corrected chi connectivity index (χ0v) is 19.3. The van der Waals surface area contributed by atoms with Crippen molar-refractivity contribution in [2.24, 2.45) is 5.73 Å². The first-order chi connectivity index (χ1) is 15.9. The molecule has 0 bridgehead atoms. The fourth-order valence-electron chi connectivity index (χ4n) is 4.50. The summed E-state index contributed by atoms with van der Waals surface area (Å²) in [6.07, 6.45) is 7.25. The Labute approximate surface area is 193 Å². The van der Waals surface area contributed by atoms with Crippen LogP contribution in [0.4, 0.5) is 11.5 Å². The van der Waals surface area contributed by atoms with Gasteiger partial charge in [-0.2, -0.15) is 0 Å². The van der Waals surface area contributed by atoms with E-state index in [2.05, 4.69) is 43.2 Å². The van der Waals surface area contributed by atoms with Crippen molar-refractivity contribution in [3.05, 3.63) is 71.4 Å². The lowest BCUT2D eigenvalue weighted by atomic mass is 10.0. The predicted octanol–water partition coefficient (Wildman–Crippen LogP) is 4.85. The van der Waals surface area contributed by atoms with Crippen LogP contribution < -0.4 is 11.1 Å². The van der Waals surface area contributed by atoms with Crippen LogP contribution in [-0.2, 0) is 0 Å². The van der Waals surface area contributed by atoms with Crippen LogP contribution in [0, 0.1) is 20.8 Å². The van der Waals surface area contributed by atoms with Gasteiger partial charge < -0.3 is 24.9 Å². The van der Waals surface area contributed by atoms with Crippen LogP contribution >= 0.6 is 0 Å². The van der Waals surface area contributed by atoms with Gasteiger partial charge in [0.15, 0.2) is 5.58 Å². The molecule has 0 aliphatic carbocycles. The van der Waals surface area contributed by atoms with Gasteiger partial charge in [0.1, 0.15) is 12.1 Å². The third-order valence-electron chi connectivity index (χ3n) is 6.60. The number of hydrogen-bond acceptors (Lipinski definition) is 5. The second kappa shape index (κ2) is 8.41. The quantitative estimate of drug-likeness (QED) is 0.471. The first-order valence-electron chi connectivity index (χ1n) is 11.3. The van der Waals surface area contributed by atoms with E-state index in [1.54, 1.807) is 12.6 Å². The van der Waals surface area contributed by atoms with E-state index >= 15 is 0 Å². The molecule has 170 valence electrons. The normalized spacial score (nSPS) is 16.4. The molecule has 2 aromatic heterocycles. The molecule has 33 heavy (non-hydrogen) atoms. The third-order valence-corrected chi connectivity index (χ3v) is 6.60. The van der Waals surface area contributed by atoms with E-state index in [1.165, 1.54) is 16.7 Å². The average molecular weight is 444 g/mol. The average Bonchev–Trinajstić information content (AvgIpc) is 3.46. The Morgan fingerprint density at radius 3 is 2.73 bits per heavy atom. The van der Waals surface area contributed by atoms with Crippen LogP contribution in [0.2, 0.25) is 0 Å². The van der Waals surface area contributed by atoms with Crippen LogP contribution in [0.1, 0.15) is 39.9 Å². The number of furan rings is 1. The fourth-order valence-corrected chi connectivity index (χ4v) is 4.50. The number of piperidine rings is 1. The van der Waals surface area contributed by atoms with E-state index in [9.17, 15) is 4.79 Å². The summed E-state index contributed by atoms with van der Waals surface area (Å²) in [5.41, 5.74) is 13.0. The molecule has 1 saturated heterocycles. The van der Waals surface area contributed by atoms with Gasteiger partial charge >= 0.3 is 0 Å². The van der Waals surface area contributed by atoms with E-state index < -0.39 is 0 Å². The molecule has 1 atom stereocenters. The number of amides is 1. The molecule has 0 saturated carbocycles. The van der Waals surface area contributed by atoms with Gasteiger partial charge in [0.05, 0.1) is 18.1 Å². The van der Waals surface area contributed by atoms with Crippen molar-refractivity contribution in [1.29, 1.82) is 0 Å². The molecule has 4 aromatic rings. The van der Waals surface area contributed by atoms with E-state index in [0.29, 0.717) is 29.2 Å². The van der Waals surface area contributed by atoms with Gasteiger partial charge in [0.25, 0.3) is 5.91 Å². The molecule has 1 amide bonds. The topological polar surface area (TPSA) is 89.3 Å². The summed E-state index contributed by atoms with van der Waals surface area (Å²) in [5, 5.41) is 4.22. The van der Waals surface area contributed by atoms with Gasteiger partial charge in [-0.1, -0.05) is 0 Å². The molecule has 0 spiro atoms. The summed E-state index contributed by atoms with van der Waals surface area (Å²) >= 11 is 0. The Hall–Kier alpha value is -3.58. The smallest absolute Gasteiger partial charge is 0.254 e. The van der Waals surface area contributed by atoms with Crippen LogP contribution in [0.5, 0.6) is 0 Å². The summed E-state index contributed by atoms with van der Waals surface area (Å²) < 4.78 is 7.70. The zero-order chi connectivity index (χ0) is 23.1. The fraction of sp³-hybridized carbons (Fsp3) is 0.308. The first-order valence-corrected chi connectivity index (χ1v) is 11.3. The molecule has 7 nitrogen and oxygen atoms in total. The predicted molar refractivity (Wildman–Crippen MR) is 130 cm³/mol.